The monoisotopic (exact) mass is 214 g/mol. The first-order valence-electron chi connectivity index (χ1n) is 4.70. The molecule has 2 N–H and O–H groups in total. The molecule has 4 nitrogen and oxygen atoms in total. The van der Waals surface area contributed by atoms with Crippen LogP contribution in [0.3, 0.4) is 0 Å². The second-order valence-electron chi connectivity index (χ2n) is 2.92. The van der Waals surface area contributed by atoms with E-state index in [2.05, 4.69) is 21.8 Å². The van der Waals surface area contributed by atoms with Crippen LogP contribution in [0.25, 0.3) is 0 Å². The fourth-order valence-electron chi connectivity index (χ4n) is 1.21. The van der Waals surface area contributed by atoms with E-state index in [-0.39, 0.29) is 0 Å². The zero-order chi connectivity index (χ0) is 10.4. The van der Waals surface area contributed by atoms with E-state index in [0.717, 1.165) is 25.3 Å². The second kappa shape index (κ2) is 5.78. The van der Waals surface area contributed by atoms with Crippen molar-refractivity contribution in [3.63, 3.8) is 0 Å². The van der Waals surface area contributed by atoms with Crippen LogP contribution < -0.4 is 10.6 Å². The van der Waals surface area contributed by atoms with Crippen molar-refractivity contribution >= 4 is 17.4 Å². The van der Waals surface area contributed by atoms with E-state index in [9.17, 15) is 0 Å². The number of nitrogens with zero attached hydrogens (tertiary/aromatic N) is 3. The summed E-state index contributed by atoms with van der Waals surface area (Å²) < 4.78 is 0. The van der Waals surface area contributed by atoms with Gasteiger partial charge in [0.15, 0.2) is 0 Å². The van der Waals surface area contributed by atoms with Gasteiger partial charge in [0.1, 0.15) is 17.3 Å². The number of halogens is 1. The van der Waals surface area contributed by atoms with Gasteiger partial charge in [-0.15, -0.1) is 0 Å². The van der Waals surface area contributed by atoms with E-state index in [1.807, 2.05) is 0 Å². The molecule has 0 amide bonds. The third kappa shape index (κ3) is 3.12. The Kier molecular flexibility index (Phi) is 4.62. The molecule has 0 aromatic carbocycles. The molecule has 5 heteroatoms. The molecule has 0 radical (unpaired) electrons. The lowest BCUT2D eigenvalue weighted by Gasteiger charge is -2.21. The molecule has 1 aromatic rings. The van der Waals surface area contributed by atoms with Gasteiger partial charge in [0.25, 0.3) is 0 Å². The number of rotatable bonds is 5. The van der Waals surface area contributed by atoms with Crippen molar-refractivity contribution in [2.24, 2.45) is 5.73 Å². The molecular formula is C9H15ClN4. The highest BCUT2D eigenvalue weighted by Gasteiger charge is 2.05. The molecule has 0 fully saturated rings. The molecule has 0 aliphatic rings. The van der Waals surface area contributed by atoms with Crippen molar-refractivity contribution in [3.8, 4) is 0 Å². The van der Waals surface area contributed by atoms with Crippen LogP contribution in [0.4, 0.5) is 5.82 Å². The van der Waals surface area contributed by atoms with Crippen LogP contribution in [0.5, 0.6) is 0 Å². The Morgan fingerprint density at radius 3 is 2.86 bits per heavy atom. The first kappa shape index (κ1) is 11.2. The van der Waals surface area contributed by atoms with Crippen LogP contribution >= 0.6 is 11.6 Å². The molecule has 0 aliphatic heterocycles. The van der Waals surface area contributed by atoms with Gasteiger partial charge in [-0.05, 0) is 19.9 Å². The third-order valence-corrected chi connectivity index (χ3v) is 2.16. The molecule has 78 valence electrons. The summed E-state index contributed by atoms with van der Waals surface area (Å²) in [5.74, 6) is 0.862. The Balaban J connectivity index is 2.68. The Hall–Kier alpha value is -0.870. The van der Waals surface area contributed by atoms with Gasteiger partial charge in [0.2, 0.25) is 0 Å². The quantitative estimate of drug-likeness (QED) is 0.751. The van der Waals surface area contributed by atoms with Crippen LogP contribution in [0, 0.1) is 0 Å². The minimum atomic E-state index is 0.473. The van der Waals surface area contributed by atoms with Gasteiger partial charge in [-0.1, -0.05) is 11.6 Å². The Morgan fingerprint density at radius 1 is 1.50 bits per heavy atom. The molecular weight excluding hydrogens is 200 g/mol. The number of hydrogen-bond donors (Lipinski definition) is 1. The minimum absolute atomic E-state index is 0.473. The van der Waals surface area contributed by atoms with E-state index >= 15 is 0 Å². The topological polar surface area (TPSA) is 55.0 Å². The highest BCUT2D eigenvalue weighted by Crippen LogP contribution is 2.13. The summed E-state index contributed by atoms with van der Waals surface area (Å²) in [5, 5.41) is 0.473. The Morgan fingerprint density at radius 2 is 2.29 bits per heavy atom. The molecule has 0 saturated heterocycles. The van der Waals surface area contributed by atoms with Gasteiger partial charge in [-0.2, -0.15) is 0 Å². The van der Waals surface area contributed by atoms with E-state index in [1.165, 1.54) is 6.33 Å². The van der Waals surface area contributed by atoms with E-state index in [0.29, 0.717) is 11.7 Å². The van der Waals surface area contributed by atoms with Crippen LogP contribution in [-0.2, 0) is 0 Å². The fraction of sp³-hybridized carbons (Fsp3) is 0.556. The van der Waals surface area contributed by atoms with Gasteiger partial charge in [-0.3, -0.25) is 0 Å². The molecule has 1 heterocycles. The van der Waals surface area contributed by atoms with Crippen molar-refractivity contribution in [1.29, 1.82) is 0 Å². The van der Waals surface area contributed by atoms with Gasteiger partial charge in [0, 0.05) is 19.2 Å². The minimum Gasteiger partial charge on any atom is -0.357 e. The lowest BCUT2D eigenvalue weighted by atomic mass is 10.3. The Labute approximate surface area is 89.1 Å². The first-order valence-corrected chi connectivity index (χ1v) is 5.08. The molecule has 0 spiro atoms. The van der Waals surface area contributed by atoms with Crippen molar-refractivity contribution in [2.75, 3.05) is 24.5 Å². The zero-order valence-corrected chi connectivity index (χ0v) is 9.04. The van der Waals surface area contributed by atoms with Crippen molar-refractivity contribution in [3.05, 3.63) is 17.5 Å². The molecule has 0 atom stereocenters. The van der Waals surface area contributed by atoms with Crippen molar-refractivity contribution in [2.45, 2.75) is 13.3 Å². The summed E-state index contributed by atoms with van der Waals surface area (Å²) in [6.07, 6.45) is 2.43. The van der Waals surface area contributed by atoms with E-state index in [4.69, 9.17) is 17.3 Å². The number of aromatic nitrogens is 2. The van der Waals surface area contributed by atoms with Crippen LogP contribution in [-0.4, -0.2) is 29.6 Å². The normalized spacial score (nSPS) is 10.2. The number of anilines is 1. The maximum absolute atomic E-state index is 5.78. The number of nitrogens with two attached hydrogens (primary N) is 1. The van der Waals surface area contributed by atoms with Crippen LogP contribution in [0.1, 0.15) is 13.3 Å². The lowest BCUT2D eigenvalue weighted by molar-refractivity contribution is 0.743. The molecule has 1 aromatic heterocycles. The molecule has 0 aliphatic carbocycles. The van der Waals surface area contributed by atoms with Crippen molar-refractivity contribution in [1.82, 2.24) is 9.97 Å². The van der Waals surface area contributed by atoms with Crippen LogP contribution in [0.15, 0.2) is 12.4 Å². The highest BCUT2D eigenvalue weighted by atomic mass is 35.5. The third-order valence-electron chi connectivity index (χ3n) is 1.96. The molecule has 0 unspecified atom stereocenters. The van der Waals surface area contributed by atoms with Gasteiger partial charge in [0.05, 0.1) is 0 Å². The van der Waals surface area contributed by atoms with E-state index in [1.54, 1.807) is 6.07 Å². The largest absolute Gasteiger partial charge is 0.357 e. The smallest absolute Gasteiger partial charge is 0.134 e. The average molecular weight is 215 g/mol. The fourth-order valence-corrected chi connectivity index (χ4v) is 1.36. The van der Waals surface area contributed by atoms with Gasteiger partial charge < -0.3 is 10.6 Å². The molecule has 1 rings (SSSR count). The highest BCUT2D eigenvalue weighted by molar-refractivity contribution is 6.29. The molecule has 14 heavy (non-hydrogen) atoms. The predicted octanol–water partition coefficient (Wildman–Crippen LogP) is 1.31. The van der Waals surface area contributed by atoms with Gasteiger partial charge in [-0.25, -0.2) is 9.97 Å². The predicted molar refractivity (Wildman–Crippen MR) is 58.6 cm³/mol. The second-order valence-corrected chi connectivity index (χ2v) is 3.31. The van der Waals surface area contributed by atoms with Crippen LogP contribution in [0.2, 0.25) is 5.15 Å². The Bertz CT molecular complexity index is 279. The summed E-state index contributed by atoms with van der Waals surface area (Å²) in [7, 11) is 0. The number of hydrogen-bond acceptors (Lipinski definition) is 4. The maximum Gasteiger partial charge on any atom is 0.134 e. The molecule has 0 saturated carbocycles. The summed E-state index contributed by atoms with van der Waals surface area (Å²) in [6, 6.07) is 1.77. The lowest BCUT2D eigenvalue weighted by Crippen LogP contribution is -2.26. The SMILES string of the molecule is CCN(CCCN)c1cc(Cl)ncn1. The molecule has 0 bridgehead atoms. The van der Waals surface area contributed by atoms with E-state index < -0.39 is 0 Å². The summed E-state index contributed by atoms with van der Waals surface area (Å²) in [4.78, 5) is 10.1. The zero-order valence-electron chi connectivity index (χ0n) is 8.28. The maximum atomic E-state index is 5.78. The summed E-state index contributed by atoms with van der Waals surface area (Å²) in [6.45, 7) is 4.57. The first-order chi connectivity index (χ1) is 6.77. The average Bonchev–Trinajstić information content (AvgIpc) is 2.19. The van der Waals surface area contributed by atoms with Crippen molar-refractivity contribution < 1.29 is 0 Å². The standard InChI is InChI=1S/C9H15ClN4/c1-2-14(5-3-4-11)9-6-8(10)12-7-13-9/h6-7H,2-5,11H2,1H3. The van der Waals surface area contributed by atoms with Gasteiger partial charge >= 0.3 is 0 Å². The summed E-state index contributed by atoms with van der Waals surface area (Å²) in [5.41, 5.74) is 5.45. The summed E-state index contributed by atoms with van der Waals surface area (Å²) >= 11 is 5.78.